The zero-order valence-corrected chi connectivity index (χ0v) is 25.4. The molecule has 1 heterocycles. The third-order valence-electron chi connectivity index (χ3n) is 7.89. The highest BCUT2D eigenvalue weighted by atomic mass is 16.5. The molecule has 2 atom stereocenters. The van der Waals surface area contributed by atoms with E-state index in [1.54, 1.807) is 0 Å². The summed E-state index contributed by atoms with van der Waals surface area (Å²) in [5.41, 5.74) is 0. The fourth-order valence-electron chi connectivity index (χ4n) is 5.38. The monoisotopic (exact) mass is 537 g/mol. The maximum Gasteiger partial charge on any atom is 0.306 e. The van der Waals surface area contributed by atoms with Gasteiger partial charge in [0.15, 0.2) is 0 Å². The molecule has 1 saturated heterocycles. The van der Waals surface area contributed by atoms with E-state index in [0.717, 1.165) is 32.1 Å². The number of carbonyl (C=O) groups is 2. The Morgan fingerprint density at radius 1 is 0.579 bits per heavy atom. The first-order valence-corrected chi connectivity index (χ1v) is 16.7. The second-order valence-electron chi connectivity index (χ2n) is 11.7. The van der Waals surface area contributed by atoms with Gasteiger partial charge < -0.3 is 14.8 Å². The van der Waals surface area contributed by atoms with E-state index in [1.807, 2.05) is 0 Å². The van der Waals surface area contributed by atoms with Crippen molar-refractivity contribution in [3.63, 3.8) is 0 Å². The molecule has 1 fully saturated rings. The van der Waals surface area contributed by atoms with E-state index in [2.05, 4.69) is 19.2 Å². The Morgan fingerprint density at radius 3 is 1.42 bits per heavy atom. The summed E-state index contributed by atoms with van der Waals surface area (Å²) < 4.78 is 11.1. The normalized spacial score (nSPS) is 17.1. The van der Waals surface area contributed by atoms with Crippen LogP contribution in [0.25, 0.3) is 0 Å². The van der Waals surface area contributed by atoms with Crippen molar-refractivity contribution in [1.82, 2.24) is 5.32 Å². The maximum absolute atomic E-state index is 12.2. The summed E-state index contributed by atoms with van der Waals surface area (Å²) in [4.78, 5) is 24.2. The molecular formula is C33H63NO4. The summed E-state index contributed by atoms with van der Waals surface area (Å²) >= 11 is 0. The highest BCUT2D eigenvalue weighted by Crippen LogP contribution is 2.16. The van der Waals surface area contributed by atoms with Crippen LogP contribution in [-0.4, -0.2) is 37.2 Å². The molecule has 0 amide bonds. The Morgan fingerprint density at radius 2 is 0.974 bits per heavy atom. The topological polar surface area (TPSA) is 64.6 Å². The van der Waals surface area contributed by atoms with E-state index in [9.17, 15) is 9.59 Å². The molecule has 1 aliphatic rings. The molecule has 38 heavy (non-hydrogen) atoms. The highest BCUT2D eigenvalue weighted by molar-refractivity contribution is 5.69. The van der Waals surface area contributed by atoms with Gasteiger partial charge in [-0.2, -0.15) is 0 Å². The number of nitrogens with one attached hydrogen (secondary N) is 1. The van der Waals surface area contributed by atoms with E-state index < -0.39 is 0 Å². The van der Waals surface area contributed by atoms with Gasteiger partial charge in [-0.25, -0.2) is 0 Å². The van der Waals surface area contributed by atoms with Gasteiger partial charge in [-0.05, 0) is 12.8 Å². The average Bonchev–Trinajstić information content (AvgIpc) is 3.36. The lowest BCUT2D eigenvalue weighted by Gasteiger charge is -2.12. The molecule has 0 unspecified atom stereocenters. The van der Waals surface area contributed by atoms with E-state index in [4.69, 9.17) is 9.47 Å². The first-order valence-electron chi connectivity index (χ1n) is 16.7. The quantitative estimate of drug-likeness (QED) is 0.0835. The summed E-state index contributed by atoms with van der Waals surface area (Å²) in [6, 6.07) is 0.0936. The van der Waals surface area contributed by atoms with Crippen LogP contribution in [0.2, 0.25) is 0 Å². The van der Waals surface area contributed by atoms with Crippen molar-refractivity contribution < 1.29 is 19.1 Å². The largest absolute Gasteiger partial charge is 0.464 e. The Balaban J connectivity index is 1.89. The Bertz CT molecular complexity index is 553. The number of carbonyl (C=O) groups excluding carboxylic acids is 2. The molecule has 0 saturated carbocycles. The summed E-state index contributed by atoms with van der Waals surface area (Å²) in [6.07, 6.45) is 29.8. The van der Waals surface area contributed by atoms with Crippen molar-refractivity contribution >= 4 is 11.9 Å². The van der Waals surface area contributed by atoms with Crippen molar-refractivity contribution in [3.8, 4) is 0 Å². The third-order valence-corrected chi connectivity index (χ3v) is 7.89. The fraction of sp³-hybridized carbons (Fsp3) is 0.939. The van der Waals surface area contributed by atoms with Gasteiger partial charge in [0.25, 0.3) is 0 Å². The molecule has 5 nitrogen and oxygen atoms in total. The van der Waals surface area contributed by atoms with Crippen molar-refractivity contribution in [2.75, 3.05) is 13.2 Å². The predicted molar refractivity (Wildman–Crippen MR) is 159 cm³/mol. The molecule has 0 spiro atoms. The molecular weight excluding hydrogens is 474 g/mol. The van der Waals surface area contributed by atoms with Gasteiger partial charge >= 0.3 is 11.9 Å². The Hall–Kier alpha value is -1.10. The fourth-order valence-corrected chi connectivity index (χ4v) is 5.38. The van der Waals surface area contributed by atoms with Crippen LogP contribution in [0.15, 0.2) is 0 Å². The standard InChI is InChI=1S/C33H63NO4/c1-3-5-7-9-11-13-15-17-19-21-23-25-32(35)37-29-30-27-31(28-34-30)38-33(36)26-24-22-20-18-16-14-12-10-8-6-4-2/h30-31,34H,3-29H2,1-2H3/t30-,31+/m0/s1. The molecule has 1 N–H and O–H groups in total. The second kappa shape index (κ2) is 26.1. The molecule has 0 aromatic rings. The number of hydrogen-bond acceptors (Lipinski definition) is 5. The summed E-state index contributed by atoms with van der Waals surface area (Å²) in [7, 11) is 0. The zero-order valence-electron chi connectivity index (χ0n) is 25.4. The molecule has 5 heteroatoms. The first kappa shape index (κ1) is 34.9. The van der Waals surface area contributed by atoms with Crippen molar-refractivity contribution in [1.29, 1.82) is 0 Å². The Kier molecular flexibility index (Phi) is 24.0. The number of esters is 2. The van der Waals surface area contributed by atoms with E-state index in [1.165, 1.54) is 116 Å². The van der Waals surface area contributed by atoms with Crippen LogP contribution in [0.5, 0.6) is 0 Å². The minimum absolute atomic E-state index is 0.0816. The number of unbranched alkanes of at least 4 members (excludes halogenated alkanes) is 20. The van der Waals surface area contributed by atoms with Gasteiger partial charge in [-0.15, -0.1) is 0 Å². The van der Waals surface area contributed by atoms with Gasteiger partial charge in [0.1, 0.15) is 12.7 Å². The second-order valence-corrected chi connectivity index (χ2v) is 11.7. The molecule has 0 bridgehead atoms. The summed E-state index contributed by atoms with van der Waals surface area (Å²) in [5.74, 6) is -0.179. The third kappa shape index (κ3) is 21.8. The number of hydrogen-bond donors (Lipinski definition) is 1. The van der Waals surface area contributed by atoms with Gasteiger partial charge in [-0.3, -0.25) is 9.59 Å². The highest BCUT2D eigenvalue weighted by Gasteiger charge is 2.27. The van der Waals surface area contributed by atoms with Crippen LogP contribution in [0.1, 0.15) is 174 Å². The van der Waals surface area contributed by atoms with Crippen molar-refractivity contribution in [2.24, 2.45) is 0 Å². The number of ether oxygens (including phenoxy) is 2. The van der Waals surface area contributed by atoms with Crippen LogP contribution in [0.4, 0.5) is 0 Å². The van der Waals surface area contributed by atoms with E-state index >= 15 is 0 Å². The van der Waals surface area contributed by atoms with Crippen LogP contribution in [0.3, 0.4) is 0 Å². The smallest absolute Gasteiger partial charge is 0.306 e. The predicted octanol–water partition coefficient (Wildman–Crippen LogP) is 9.21. The molecule has 0 radical (unpaired) electrons. The first-order chi connectivity index (χ1) is 18.7. The molecule has 0 aliphatic carbocycles. The van der Waals surface area contributed by atoms with Crippen molar-refractivity contribution in [3.05, 3.63) is 0 Å². The van der Waals surface area contributed by atoms with Crippen LogP contribution in [0, 0.1) is 0 Å². The minimum atomic E-state index is -0.0975. The molecule has 224 valence electrons. The molecule has 1 rings (SSSR count). The van der Waals surface area contributed by atoms with Gasteiger partial charge in [-0.1, -0.05) is 142 Å². The van der Waals surface area contributed by atoms with Crippen LogP contribution in [-0.2, 0) is 19.1 Å². The number of rotatable bonds is 27. The lowest BCUT2D eigenvalue weighted by atomic mass is 10.1. The molecule has 0 aromatic carbocycles. The molecule has 1 aliphatic heterocycles. The lowest BCUT2D eigenvalue weighted by Crippen LogP contribution is -2.28. The van der Waals surface area contributed by atoms with E-state index in [-0.39, 0.29) is 24.1 Å². The summed E-state index contributed by atoms with van der Waals surface area (Å²) in [5, 5.41) is 3.34. The summed E-state index contributed by atoms with van der Waals surface area (Å²) in [6.45, 7) is 5.56. The van der Waals surface area contributed by atoms with E-state index in [0.29, 0.717) is 26.0 Å². The Labute approximate surface area is 236 Å². The van der Waals surface area contributed by atoms with Crippen molar-refractivity contribution in [2.45, 2.75) is 187 Å². The van der Waals surface area contributed by atoms with Gasteiger partial charge in [0, 0.05) is 31.8 Å². The minimum Gasteiger partial charge on any atom is -0.464 e. The maximum atomic E-state index is 12.2. The van der Waals surface area contributed by atoms with Crippen LogP contribution >= 0.6 is 0 Å². The lowest BCUT2D eigenvalue weighted by molar-refractivity contribution is -0.149. The van der Waals surface area contributed by atoms with Gasteiger partial charge in [0.2, 0.25) is 0 Å². The van der Waals surface area contributed by atoms with Crippen LogP contribution < -0.4 is 5.32 Å². The SMILES string of the molecule is CCCCCCCCCCCCCC(=O)OC[C@@H]1C[C@@H](OC(=O)CCCCCCCCCCCCC)CN1. The molecule has 0 aromatic heterocycles. The average molecular weight is 538 g/mol. The zero-order chi connectivity index (χ0) is 27.5. The van der Waals surface area contributed by atoms with Gasteiger partial charge in [0.05, 0.1) is 0 Å².